The summed E-state index contributed by atoms with van der Waals surface area (Å²) in [5, 5.41) is 0. The van der Waals surface area contributed by atoms with Gasteiger partial charge in [0.05, 0.1) is 6.54 Å². The topological polar surface area (TPSA) is 46.3 Å². The quantitative estimate of drug-likeness (QED) is 0.622. The molecular formula is C9H20N2O. The van der Waals surface area contributed by atoms with E-state index in [0.717, 1.165) is 25.9 Å². The molecule has 1 amide bonds. The first-order chi connectivity index (χ1) is 5.70. The first-order valence-electron chi connectivity index (χ1n) is 4.71. The maximum absolute atomic E-state index is 10.6. The summed E-state index contributed by atoms with van der Waals surface area (Å²) in [5.74, 6) is -0.223. The van der Waals surface area contributed by atoms with Crippen molar-refractivity contribution in [3.63, 3.8) is 0 Å². The number of carbonyl (C=O) groups is 1. The fraction of sp³-hybridized carbons (Fsp3) is 0.889. The average molecular weight is 172 g/mol. The third-order valence-corrected chi connectivity index (χ3v) is 1.75. The van der Waals surface area contributed by atoms with Crippen molar-refractivity contribution in [1.82, 2.24) is 4.90 Å². The van der Waals surface area contributed by atoms with Crippen LogP contribution in [0.25, 0.3) is 0 Å². The fourth-order valence-corrected chi connectivity index (χ4v) is 1.19. The predicted octanol–water partition coefficient (Wildman–Crippen LogP) is 0.984. The highest BCUT2D eigenvalue weighted by molar-refractivity contribution is 5.75. The van der Waals surface area contributed by atoms with Crippen LogP contribution in [0.5, 0.6) is 0 Å². The van der Waals surface area contributed by atoms with Crippen LogP contribution in [0.4, 0.5) is 0 Å². The van der Waals surface area contributed by atoms with Crippen LogP contribution in [0.15, 0.2) is 0 Å². The van der Waals surface area contributed by atoms with Crippen LogP contribution in [-0.4, -0.2) is 30.4 Å². The van der Waals surface area contributed by atoms with Crippen LogP contribution in [-0.2, 0) is 4.79 Å². The molecule has 0 bridgehead atoms. The van der Waals surface area contributed by atoms with Gasteiger partial charge in [-0.3, -0.25) is 9.69 Å². The summed E-state index contributed by atoms with van der Waals surface area (Å²) in [5.41, 5.74) is 5.11. The molecule has 0 saturated carbocycles. The number of hydrogen-bond donors (Lipinski definition) is 1. The zero-order valence-corrected chi connectivity index (χ0v) is 8.18. The van der Waals surface area contributed by atoms with Crippen molar-refractivity contribution in [2.75, 3.05) is 19.6 Å². The second-order valence-corrected chi connectivity index (χ2v) is 3.10. The first kappa shape index (κ1) is 11.4. The molecule has 0 fully saturated rings. The highest BCUT2D eigenvalue weighted by Crippen LogP contribution is 1.95. The number of carbonyl (C=O) groups excluding carboxylic acids is 1. The Morgan fingerprint density at radius 1 is 1.25 bits per heavy atom. The maximum Gasteiger partial charge on any atom is 0.231 e. The minimum absolute atomic E-state index is 0.223. The lowest BCUT2D eigenvalue weighted by molar-refractivity contribution is -0.119. The molecule has 0 unspecified atom stereocenters. The first-order valence-corrected chi connectivity index (χ1v) is 4.71. The molecule has 0 aromatic heterocycles. The van der Waals surface area contributed by atoms with Crippen molar-refractivity contribution < 1.29 is 4.79 Å². The van der Waals surface area contributed by atoms with Gasteiger partial charge in [0.2, 0.25) is 5.91 Å². The molecule has 0 aliphatic heterocycles. The lowest BCUT2D eigenvalue weighted by atomic mass is 10.3. The van der Waals surface area contributed by atoms with Crippen molar-refractivity contribution in [2.45, 2.75) is 33.1 Å². The average Bonchev–Trinajstić information content (AvgIpc) is 2.00. The van der Waals surface area contributed by atoms with E-state index in [-0.39, 0.29) is 5.91 Å². The van der Waals surface area contributed by atoms with Gasteiger partial charge < -0.3 is 5.73 Å². The number of nitrogens with two attached hydrogens (primary N) is 1. The van der Waals surface area contributed by atoms with Crippen molar-refractivity contribution in [3.8, 4) is 0 Å². The van der Waals surface area contributed by atoms with E-state index in [1.807, 2.05) is 0 Å². The van der Waals surface area contributed by atoms with Gasteiger partial charge in [-0.1, -0.05) is 20.3 Å². The van der Waals surface area contributed by atoms with Crippen molar-refractivity contribution >= 4 is 5.91 Å². The molecule has 0 rings (SSSR count). The molecular weight excluding hydrogens is 152 g/mol. The highest BCUT2D eigenvalue weighted by atomic mass is 16.1. The van der Waals surface area contributed by atoms with Crippen LogP contribution < -0.4 is 5.73 Å². The van der Waals surface area contributed by atoms with E-state index in [4.69, 9.17) is 5.73 Å². The molecule has 3 nitrogen and oxygen atoms in total. The molecule has 0 radical (unpaired) electrons. The van der Waals surface area contributed by atoms with E-state index in [1.165, 1.54) is 6.42 Å². The molecule has 0 aliphatic rings. The number of amides is 1. The Balaban J connectivity index is 3.61. The summed E-state index contributed by atoms with van der Waals surface area (Å²) in [4.78, 5) is 12.7. The number of rotatable bonds is 7. The van der Waals surface area contributed by atoms with Gasteiger partial charge in [-0.2, -0.15) is 0 Å². The molecule has 72 valence electrons. The maximum atomic E-state index is 10.6. The van der Waals surface area contributed by atoms with E-state index in [9.17, 15) is 4.79 Å². The van der Waals surface area contributed by atoms with Gasteiger partial charge >= 0.3 is 0 Å². The zero-order valence-electron chi connectivity index (χ0n) is 8.18. The Morgan fingerprint density at radius 2 is 1.92 bits per heavy atom. The Labute approximate surface area is 74.9 Å². The number of primary amides is 1. The summed E-state index contributed by atoms with van der Waals surface area (Å²) < 4.78 is 0. The SMILES string of the molecule is CCCCN(CCC)CC(N)=O. The van der Waals surface area contributed by atoms with Crippen LogP contribution in [0.1, 0.15) is 33.1 Å². The van der Waals surface area contributed by atoms with E-state index >= 15 is 0 Å². The Morgan fingerprint density at radius 3 is 2.33 bits per heavy atom. The van der Waals surface area contributed by atoms with Gasteiger partial charge in [-0.25, -0.2) is 0 Å². The number of nitrogens with zero attached hydrogens (tertiary/aromatic N) is 1. The second-order valence-electron chi connectivity index (χ2n) is 3.10. The summed E-state index contributed by atoms with van der Waals surface area (Å²) >= 11 is 0. The third kappa shape index (κ3) is 6.16. The van der Waals surface area contributed by atoms with Gasteiger partial charge in [0.15, 0.2) is 0 Å². The molecule has 0 aromatic rings. The van der Waals surface area contributed by atoms with Crippen molar-refractivity contribution in [2.24, 2.45) is 5.73 Å². The molecule has 0 saturated heterocycles. The smallest absolute Gasteiger partial charge is 0.231 e. The zero-order chi connectivity index (χ0) is 9.40. The summed E-state index contributed by atoms with van der Waals surface area (Å²) in [6.45, 7) is 6.64. The molecule has 0 aromatic carbocycles. The van der Waals surface area contributed by atoms with E-state index < -0.39 is 0 Å². The molecule has 0 spiro atoms. The summed E-state index contributed by atoms with van der Waals surface area (Å²) in [6, 6.07) is 0. The van der Waals surface area contributed by atoms with E-state index in [2.05, 4.69) is 18.7 Å². The van der Waals surface area contributed by atoms with Gasteiger partial charge in [0.25, 0.3) is 0 Å². The van der Waals surface area contributed by atoms with Gasteiger partial charge in [-0.05, 0) is 25.9 Å². The minimum Gasteiger partial charge on any atom is -0.369 e. The number of hydrogen-bond acceptors (Lipinski definition) is 2. The van der Waals surface area contributed by atoms with E-state index in [1.54, 1.807) is 0 Å². The monoisotopic (exact) mass is 172 g/mol. The van der Waals surface area contributed by atoms with Crippen LogP contribution in [0, 0.1) is 0 Å². The molecule has 0 aliphatic carbocycles. The highest BCUT2D eigenvalue weighted by Gasteiger charge is 2.05. The van der Waals surface area contributed by atoms with E-state index in [0.29, 0.717) is 6.54 Å². The molecule has 0 atom stereocenters. The van der Waals surface area contributed by atoms with Crippen molar-refractivity contribution in [3.05, 3.63) is 0 Å². The largest absolute Gasteiger partial charge is 0.369 e. The van der Waals surface area contributed by atoms with Crippen LogP contribution in [0.3, 0.4) is 0 Å². The number of unbranched alkanes of at least 4 members (excludes halogenated alkanes) is 1. The lowest BCUT2D eigenvalue weighted by Crippen LogP contribution is -2.34. The van der Waals surface area contributed by atoms with Gasteiger partial charge in [-0.15, -0.1) is 0 Å². The minimum atomic E-state index is -0.223. The van der Waals surface area contributed by atoms with Crippen LogP contribution >= 0.6 is 0 Å². The third-order valence-electron chi connectivity index (χ3n) is 1.75. The predicted molar refractivity (Wildman–Crippen MR) is 50.8 cm³/mol. The molecule has 3 heteroatoms. The molecule has 12 heavy (non-hydrogen) atoms. The standard InChI is InChI=1S/C9H20N2O/c1-3-5-7-11(6-4-2)8-9(10)12/h3-8H2,1-2H3,(H2,10,12). The summed E-state index contributed by atoms with van der Waals surface area (Å²) in [6.07, 6.45) is 3.39. The second kappa shape index (κ2) is 7.10. The normalized spacial score (nSPS) is 10.6. The Hall–Kier alpha value is -0.570. The Kier molecular flexibility index (Phi) is 6.76. The fourth-order valence-electron chi connectivity index (χ4n) is 1.19. The Bertz CT molecular complexity index is 126. The molecule has 2 N–H and O–H groups in total. The van der Waals surface area contributed by atoms with Crippen molar-refractivity contribution in [1.29, 1.82) is 0 Å². The van der Waals surface area contributed by atoms with Crippen LogP contribution in [0.2, 0.25) is 0 Å². The molecule has 0 heterocycles. The summed E-state index contributed by atoms with van der Waals surface area (Å²) in [7, 11) is 0. The van der Waals surface area contributed by atoms with Gasteiger partial charge in [0, 0.05) is 0 Å². The lowest BCUT2D eigenvalue weighted by Gasteiger charge is -2.18. The van der Waals surface area contributed by atoms with Gasteiger partial charge in [0.1, 0.15) is 0 Å².